The average molecular weight is 287 g/mol. The molecule has 1 aromatic carbocycles. The van der Waals surface area contributed by atoms with Crippen LogP contribution in [0.3, 0.4) is 0 Å². The van der Waals surface area contributed by atoms with Crippen molar-refractivity contribution in [3.8, 4) is 11.5 Å². The maximum absolute atomic E-state index is 11.2. The van der Waals surface area contributed by atoms with Gasteiger partial charge in [0.15, 0.2) is 11.5 Å². The van der Waals surface area contributed by atoms with Crippen molar-refractivity contribution in [3.05, 3.63) is 23.8 Å². The van der Waals surface area contributed by atoms with Crippen LogP contribution in [-0.2, 0) is 16.7 Å². The van der Waals surface area contributed by atoms with Gasteiger partial charge in [-0.05, 0) is 31.0 Å². The molecule has 0 aliphatic rings. The Balaban J connectivity index is 2.89. The Morgan fingerprint density at radius 3 is 2.53 bits per heavy atom. The van der Waals surface area contributed by atoms with Gasteiger partial charge in [-0.1, -0.05) is 13.0 Å². The Kier molecular flexibility index (Phi) is 5.62. The highest BCUT2D eigenvalue weighted by Gasteiger charge is 2.11. The topological polar surface area (TPSA) is 64.6 Å². The van der Waals surface area contributed by atoms with E-state index in [9.17, 15) is 8.42 Å². The molecule has 0 radical (unpaired) electrons. The van der Waals surface area contributed by atoms with E-state index in [0.29, 0.717) is 18.3 Å². The highest BCUT2D eigenvalue weighted by molar-refractivity contribution is 7.86. The highest BCUT2D eigenvalue weighted by Crippen LogP contribution is 2.29. The van der Waals surface area contributed by atoms with E-state index in [2.05, 4.69) is 19.2 Å². The first kappa shape index (κ1) is 15.8. The number of benzene rings is 1. The molecule has 1 unspecified atom stereocenters. The smallest absolute Gasteiger partial charge is 0.306 e. The minimum Gasteiger partial charge on any atom is -0.493 e. The first-order valence-electron chi connectivity index (χ1n) is 6.15. The number of methoxy groups -OCH3 is 1. The Morgan fingerprint density at radius 1 is 1.32 bits per heavy atom. The van der Waals surface area contributed by atoms with Gasteiger partial charge in [-0.25, -0.2) is 0 Å². The monoisotopic (exact) mass is 287 g/mol. The van der Waals surface area contributed by atoms with Crippen LogP contribution in [0.2, 0.25) is 0 Å². The molecule has 1 rings (SSSR count). The van der Waals surface area contributed by atoms with Gasteiger partial charge >= 0.3 is 10.1 Å². The largest absolute Gasteiger partial charge is 0.493 e. The summed E-state index contributed by atoms with van der Waals surface area (Å²) in [6.07, 6.45) is 2.04. The summed E-state index contributed by atoms with van der Waals surface area (Å²) in [4.78, 5) is 0. The molecule has 0 aliphatic carbocycles. The van der Waals surface area contributed by atoms with Crippen LogP contribution in [0.1, 0.15) is 25.8 Å². The van der Waals surface area contributed by atoms with Crippen LogP contribution >= 0.6 is 0 Å². The number of hydrogen-bond donors (Lipinski definition) is 1. The zero-order valence-corrected chi connectivity index (χ0v) is 12.6. The van der Waals surface area contributed by atoms with Gasteiger partial charge in [0.1, 0.15) is 0 Å². The standard InChI is InChI=1S/C13H21NO4S/c1-5-10(2)14-9-11-6-7-12(17-3)13(8-11)18-19(4,15)16/h6-8,10,14H,5,9H2,1-4H3. The zero-order chi connectivity index (χ0) is 14.5. The summed E-state index contributed by atoms with van der Waals surface area (Å²) in [6.45, 7) is 4.85. The molecular formula is C13H21NO4S. The van der Waals surface area contributed by atoms with Crippen LogP contribution in [0, 0.1) is 0 Å². The first-order chi connectivity index (χ1) is 8.85. The Hall–Kier alpha value is -1.27. The molecule has 0 saturated carbocycles. The second kappa shape index (κ2) is 6.77. The van der Waals surface area contributed by atoms with Crippen molar-refractivity contribution in [3.63, 3.8) is 0 Å². The van der Waals surface area contributed by atoms with E-state index in [0.717, 1.165) is 18.2 Å². The number of nitrogens with one attached hydrogen (secondary N) is 1. The van der Waals surface area contributed by atoms with E-state index in [1.165, 1.54) is 7.11 Å². The second-order valence-electron chi connectivity index (χ2n) is 4.46. The Bertz CT molecular complexity index is 513. The lowest BCUT2D eigenvalue weighted by Crippen LogP contribution is -2.24. The van der Waals surface area contributed by atoms with Crippen LogP contribution in [0.5, 0.6) is 11.5 Å². The summed E-state index contributed by atoms with van der Waals surface area (Å²) in [6, 6.07) is 5.66. The summed E-state index contributed by atoms with van der Waals surface area (Å²) in [5.74, 6) is 0.617. The SMILES string of the molecule is CCC(C)NCc1ccc(OC)c(OS(C)(=O)=O)c1. The third-order valence-corrected chi connectivity index (χ3v) is 3.22. The van der Waals surface area contributed by atoms with E-state index >= 15 is 0 Å². The summed E-state index contributed by atoms with van der Waals surface area (Å²) >= 11 is 0. The Labute approximate surface area is 115 Å². The van der Waals surface area contributed by atoms with Gasteiger partial charge in [-0.2, -0.15) is 8.42 Å². The summed E-state index contributed by atoms with van der Waals surface area (Å²) in [5.41, 5.74) is 0.944. The van der Waals surface area contributed by atoms with Gasteiger partial charge < -0.3 is 14.2 Å². The molecule has 0 saturated heterocycles. The summed E-state index contributed by atoms with van der Waals surface area (Å²) in [7, 11) is -2.09. The highest BCUT2D eigenvalue weighted by atomic mass is 32.2. The summed E-state index contributed by atoms with van der Waals surface area (Å²) in [5, 5.41) is 3.33. The quantitative estimate of drug-likeness (QED) is 0.776. The van der Waals surface area contributed by atoms with Crippen molar-refractivity contribution < 1.29 is 17.3 Å². The van der Waals surface area contributed by atoms with Gasteiger partial charge in [0.2, 0.25) is 0 Å². The van der Waals surface area contributed by atoms with Crippen LogP contribution in [0.25, 0.3) is 0 Å². The van der Waals surface area contributed by atoms with Crippen molar-refractivity contribution >= 4 is 10.1 Å². The molecule has 5 nitrogen and oxygen atoms in total. The molecule has 6 heteroatoms. The van der Waals surface area contributed by atoms with E-state index in [1.54, 1.807) is 12.1 Å². The lowest BCUT2D eigenvalue weighted by Gasteiger charge is -2.13. The third-order valence-electron chi connectivity index (χ3n) is 2.74. The fourth-order valence-corrected chi connectivity index (χ4v) is 1.95. The van der Waals surface area contributed by atoms with E-state index in [-0.39, 0.29) is 5.75 Å². The lowest BCUT2D eigenvalue weighted by molar-refractivity contribution is 0.391. The molecule has 0 aliphatic heterocycles. The van der Waals surface area contributed by atoms with Gasteiger partial charge in [0.25, 0.3) is 0 Å². The molecule has 0 aromatic heterocycles. The molecule has 1 aromatic rings. The number of hydrogen-bond acceptors (Lipinski definition) is 5. The molecule has 0 heterocycles. The van der Waals surface area contributed by atoms with Gasteiger partial charge in [-0.15, -0.1) is 0 Å². The van der Waals surface area contributed by atoms with Crippen LogP contribution < -0.4 is 14.2 Å². The van der Waals surface area contributed by atoms with Crippen molar-refractivity contribution in [1.29, 1.82) is 0 Å². The molecule has 19 heavy (non-hydrogen) atoms. The molecule has 0 fully saturated rings. The van der Waals surface area contributed by atoms with Crippen molar-refractivity contribution in [2.24, 2.45) is 0 Å². The van der Waals surface area contributed by atoms with Gasteiger partial charge in [-0.3, -0.25) is 0 Å². The van der Waals surface area contributed by atoms with Crippen molar-refractivity contribution in [2.75, 3.05) is 13.4 Å². The van der Waals surface area contributed by atoms with Gasteiger partial charge in [0.05, 0.1) is 13.4 Å². The van der Waals surface area contributed by atoms with E-state index in [4.69, 9.17) is 8.92 Å². The predicted molar refractivity (Wildman–Crippen MR) is 75.1 cm³/mol. The zero-order valence-electron chi connectivity index (χ0n) is 11.8. The maximum Gasteiger partial charge on any atom is 0.306 e. The van der Waals surface area contributed by atoms with Crippen molar-refractivity contribution in [1.82, 2.24) is 5.32 Å². The molecule has 1 N–H and O–H groups in total. The summed E-state index contributed by atoms with van der Waals surface area (Å²) < 4.78 is 32.4. The minimum absolute atomic E-state index is 0.216. The fraction of sp³-hybridized carbons (Fsp3) is 0.538. The third kappa shape index (κ3) is 5.48. The number of rotatable bonds is 7. The normalized spacial score (nSPS) is 13.1. The maximum atomic E-state index is 11.2. The first-order valence-corrected chi connectivity index (χ1v) is 7.97. The average Bonchev–Trinajstić information content (AvgIpc) is 2.34. The lowest BCUT2D eigenvalue weighted by atomic mass is 10.2. The predicted octanol–water partition coefficient (Wildman–Crippen LogP) is 1.92. The van der Waals surface area contributed by atoms with Crippen LogP contribution in [-0.4, -0.2) is 27.8 Å². The van der Waals surface area contributed by atoms with E-state index < -0.39 is 10.1 Å². The minimum atomic E-state index is -3.56. The van der Waals surface area contributed by atoms with Crippen LogP contribution in [0.15, 0.2) is 18.2 Å². The number of ether oxygens (including phenoxy) is 1. The second-order valence-corrected chi connectivity index (χ2v) is 6.04. The molecule has 108 valence electrons. The molecule has 0 spiro atoms. The molecule has 0 bridgehead atoms. The Morgan fingerprint density at radius 2 is 2.00 bits per heavy atom. The van der Waals surface area contributed by atoms with Gasteiger partial charge in [0, 0.05) is 12.6 Å². The fourth-order valence-electron chi connectivity index (χ4n) is 1.50. The molecule has 1 atom stereocenters. The van der Waals surface area contributed by atoms with Crippen molar-refractivity contribution in [2.45, 2.75) is 32.9 Å². The van der Waals surface area contributed by atoms with Crippen LogP contribution in [0.4, 0.5) is 0 Å². The van der Waals surface area contributed by atoms with E-state index in [1.807, 2.05) is 6.07 Å². The molecular weight excluding hydrogens is 266 g/mol. The molecule has 0 amide bonds.